The first-order valence-corrected chi connectivity index (χ1v) is 5.36. The van der Waals surface area contributed by atoms with Gasteiger partial charge in [0.2, 0.25) is 0 Å². The van der Waals surface area contributed by atoms with Crippen LogP contribution >= 0.6 is 0 Å². The lowest BCUT2D eigenvalue weighted by molar-refractivity contribution is 0.227. The van der Waals surface area contributed by atoms with Gasteiger partial charge in [-0.25, -0.2) is 0 Å². The van der Waals surface area contributed by atoms with E-state index in [9.17, 15) is 0 Å². The Kier molecular flexibility index (Phi) is 5.13. The average Bonchev–Trinajstić information content (AvgIpc) is 2.12. The van der Waals surface area contributed by atoms with Crippen molar-refractivity contribution in [2.24, 2.45) is 11.1 Å². The zero-order chi connectivity index (χ0) is 11.4. The molecule has 0 aliphatic heterocycles. The molecule has 0 aliphatic rings. The van der Waals surface area contributed by atoms with Crippen LogP contribution < -0.4 is 5.73 Å². The van der Waals surface area contributed by atoms with Crippen molar-refractivity contribution in [3.05, 3.63) is 0 Å². The van der Waals surface area contributed by atoms with Crippen molar-refractivity contribution in [1.82, 2.24) is 4.90 Å². The molecule has 0 aromatic carbocycles. The van der Waals surface area contributed by atoms with Crippen molar-refractivity contribution in [3.63, 3.8) is 0 Å². The predicted molar refractivity (Wildman–Crippen MR) is 62.7 cm³/mol. The second-order valence-electron chi connectivity index (χ2n) is 4.79. The second kappa shape index (κ2) is 5.35. The third-order valence-corrected chi connectivity index (χ3v) is 3.16. The molecule has 0 aromatic rings. The van der Waals surface area contributed by atoms with Gasteiger partial charge in [0, 0.05) is 11.5 Å². The highest BCUT2D eigenvalue weighted by molar-refractivity contribution is 5.82. The molecule has 3 nitrogen and oxygen atoms in total. The molecule has 3 N–H and O–H groups in total. The van der Waals surface area contributed by atoms with Crippen molar-refractivity contribution in [2.75, 3.05) is 13.6 Å². The van der Waals surface area contributed by atoms with E-state index in [4.69, 9.17) is 11.1 Å². The van der Waals surface area contributed by atoms with Gasteiger partial charge in [0.1, 0.15) is 0 Å². The van der Waals surface area contributed by atoms with Crippen LogP contribution in [0, 0.1) is 10.8 Å². The highest BCUT2D eigenvalue weighted by Gasteiger charge is 2.22. The van der Waals surface area contributed by atoms with Crippen LogP contribution in [0.4, 0.5) is 0 Å². The summed E-state index contributed by atoms with van der Waals surface area (Å²) in [7, 11) is 2.13. The lowest BCUT2D eigenvalue weighted by Gasteiger charge is -2.29. The summed E-state index contributed by atoms with van der Waals surface area (Å²) in [4.78, 5) is 2.32. The van der Waals surface area contributed by atoms with E-state index in [0.717, 1.165) is 19.4 Å². The molecule has 0 aliphatic carbocycles. The maximum Gasteiger partial charge on any atom is 0.0963 e. The molecule has 14 heavy (non-hydrogen) atoms. The number of nitrogens with one attached hydrogen (secondary N) is 1. The zero-order valence-corrected chi connectivity index (χ0v) is 10.2. The topological polar surface area (TPSA) is 53.1 Å². The van der Waals surface area contributed by atoms with Crippen LogP contribution in [0.2, 0.25) is 0 Å². The number of hydrogen-bond donors (Lipinski definition) is 2. The molecule has 0 aromatic heterocycles. The zero-order valence-electron chi connectivity index (χ0n) is 10.2. The number of nitrogens with zero attached hydrogens (tertiary/aromatic N) is 1. The van der Waals surface area contributed by atoms with E-state index in [1.54, 1.807) is 0 Å². The number of rotatable bonds is 6. The van der Waals surface area contributed by atoms with E-state index < -0.39 is 0 Å². The molecule has 0 saturated carbocycles. The summed E-state index contributed by atoms with van der Waals surface area (Å²) >= 11 is 0. The first-order chi connectivity index (χ1) is 6.31. The van der Waals surface area contributed by atoms with Crippen LogP contribution in [-0.2, 0) is 0 Å². The van der Waals surface area contributed by atoms with Crippen molar-refractivity contribution in [2.45, 2.75) is 46.6 Å². The van der Waals surface area contributed by atoms with Crippen molar-refractivity contribution >= 4 is 5.84 Å². The molecule has 0 heterocycles. The summed E-state index contributed by atoms with van der Waals surface area (Å²) in [5, 5.41) is 7.45. The van der Waals surface area contributed by atoms with Gasteiger partial charge in [-0.05, 0) is 33.4 Å². The minimum atomic E-state index is -0.165. The van der Waals surface area contributed by atoms with Crippen LogP contribution in [0.15, 0.2) is 0 Å². The molecule has 84 valence electrons. The average molecular weight is 199 g/mol. The van der Waals surface area contributed by atoms with Crippen molar-refractivity contribution in [1.29, 1.82) is 5.41 Å². The fraction of sp³-hybridized carbons (Fsp3) is 0.909. The minimum absolute atomic E-state index is 0.165. The van der Waals surface area contributed by atoms with Gasteiger partial charge in [-0.15, -0.1) is 0 Å². The van der Waals surface area contributed by atoms with Crippen LogP contribution in [0.5, 0.6) is 0 Å². The van der Waals surface area contributed by atoms with E-state index in [-0.39, 0.29) is 11.3 Å². The van der Waals surface area contributed by atoms with Crippen LogP contribution in [0.25, 0.3) is 0 Å². The van der Waals surface area contributed by atoms with E-state index in [0.29, 0.717) is 6.04 Å². The van der Waals surface area contributed by atoms with E-state index in [1.165, 1.54) is 0 Å². The van der Waals surface area contributed by atoms with Gasteiger partial charge >= 0.3 is 0 Å². The molecular formula is C11H25N3. The Morgan fingerprint density at radius 2 is 2.00 bits per heavy atom. The third-order valence-electron chi connectivity index (χ3n) is 3.16. The molecule has 0 fully saturated rings. The Morgan fingerprint density at radius 1 is 1.50 bits per heavy atom. The Balaban J connectivity index is 3.99. The molecule has 3 heteroatoms. The summed E-state index contributed by atoms with van der Waals surface area (Å²) in [6.45, 7) is 9.47. The highest BCUT2D eigenvalue weighted by atomic mass is 15.1. The molecule has 0 rings (SSSR count). The smallest absolute Gasteiger partial charge is 0.0963 e. The lowest BCUT2D eigenvalue weighted by atomic mass is 9.88. The third kappa shape index (κ3) is 4.09. The van der Waals surface area contributed by atoms with Crippen LogP contribution in [-0.4, -0.2) is 30.4 Å². The van der Waals surface area contributed by atoms with E-state index in [2.05, 4.69) is 25.8 Å². The Morgan fingerprint density at radius 3 is 2.36 bits per heavy atom. The summed E-state index contributed by atoms with van der Waals surface area (Å²) in [5.41, 5.74) is 5.36. The van der Waals surface area contributed by atoms with Gasteiger partial charge < -0.3 is 10.6 Å². The molecule has 0 saturated heterocycles. The molecule has 1 atom stereocenters. The van der Waals surface area contributed by atoms with Gasteiger partial charge in [0.05, 0.1) is 5.84 Å². The standard InChI is InChI=1S/C11H25N3/c1-6-9(2)14(5)8-7-11(3,4)10(12)13/h9H,6-8H2,1-5H3,(H3,12,13). The second-order valence-corrected chi connectivity index (χ2v) is 4.79. The van der Waals surface area contributed by atoms with E-state index in [1.807, 2.05) is 13.8 Å². The number of amidine groups is 1. The Labute approximate surface area is 88.2 Å². The van der Waals surface area contributed by atoms with Crippen LogP contribution in [0.3, 0.4) is 0 Å². The summed E-state index contributed by atoms with van der Waals surface area (Å²) in [6, 6.07) is 0.609. The number of hydrogen-bond acceptors (Lipinski definition) is 2. The molecule has 0 bridgehead atoms. The summed E-state index contributed by atoms with van der Waals surface area (Å²) in [6.07, 6.45) is 2.11. The van der Waals surface area contributed by atoms with Gasteiger partial charge in [-0.1, -0.05) is 20.8 Å². The molecule has 1 unspecified atom stereocenters. The van der Waals surface area contributed by atoms with Crippen molar-refractivity contribution in [3.8, 4) is 0 Å². The maximum atomic E-state index is 7.45. The molecule has 0 spiro atoms. The fourth-order valence-electron chi connectivity index (χ4n) is 1.12. The Bertz CT molecular complexity index is 187. The normalized spacial score (nSPS) is 14.4. The largest absolute Gasteiger partial charge is 0.387 e. The monoisotopic (exact) mass is 199 g/mol. The van der Waals surface area contributed by atoms with Gasteiger partial charge in [-0.2, -0.15) is 0 Å². The maximum absolute atomic E-state index is 7.45. The first kappa shape index (κ1) is 13.4. The van der Waals surface area contributed by atoms with E-state index >= 15 is 0 Å². The highest BCUT2D eigenvalue weighted by Crippen LogP contribution is 2.20. The number of nitrogens with two attached hydrogens (primary N) is 1. The Hall–Kier alpha value is -0.570. The first-order valence-electron chi connectivity index (χ1n) is 5.36. The van der Waals surface area contributed by atoms with Gasteiger partial charge in [-0.3, -0.25) is 5.41 Å². The minimum Gasteiger partial charge on any atom is -0.387 e. The van der Waals surface area contributed by atoms with Crippen LogP contribution in [0.1, 0.15) is 40.5 Å². The lowest BCUT2D eigenvalue weighted by Crippen LogP contribution is -2.37. The summed E-state index contributed by atoms with van der Waals surface area (Å²) < 4.78 is 0. The summed E-state index contributed by atoms with van der Waals surface area (Å²) in [5.74, 6) is 0.287. The van der Waals surface area contributed by atoms with Gasteiger partial charge in [0.15, 0.2) is 0 Å². The molecule has 0 amide bonds. The fourth-order valence-corrected chi connectivity index (χ4v) is 1.12. The predicted octanol–water partition coefficient (Wildman–Crippen LogP) is 2.07. The quantitative estimate of drug-likeness (QED) is 0.508. The van der Waals surface area contributed by atoms with Crippen molar-refractivity contribution < 1.29 is 0 Å². The van der Waals surface area contributed by atoms with Gasteiger partial charge in [0.25, 0.3) is 0 Å². The molecule has 0 radical (unpaired) electrons. The SMILES string of the molecule is CCC(C)N(C)CCC(C)(C)C(=N)N. The molecular weight excluding hydrogens is 174 g/mol.